The van der Waals surface area contributed by atoms with Gasteiger partial charge in [0.1, 0.15) is 23.8 Å². The summed E-state index contributed by atoms with van der Waals surface area (Å²) in [6.07, 6.45) is 2.78. The van der Waals surface area contributed by atoms with Crippen LogP contribution in [0.15, 0.2) is 59.1 Å². The van der Waals surface area contributed by atoms with Crippen LogP contribution in [0, 0.1) is 6.92 Å². The molecule has 0 amide bonds. The van der Waals surface area contributed by atoms with Crippen LogP contribution in [0.5, 0.6) is 5.75 Å². The summed E-state index contributed by atoms with van der Waals surface area (Å²) < 4.78 is 43.2. The van der Waals surface area contributed by atoms with Gasteiger partial charge >= 0.3 is 5.97 Å². The number of rotatable bonds is 6. The van der Waals surface area contributed by atoms with E-state index < -0.39 is 11.9 Å². The molecule has 194 valence electrons. The highest BCUT2D eigenvalue weighted by atomic mass is 35.5. The third kappa shape index (κ3) is 4.25. The lowest BCUT2D eigenvalue weighted by atomic mass is 9.94. The highest BCUT2D eigenvalue weighted by molar-refractivity contribution is 6.33. The van der Waals surface area contributed by atoms with E-state index in [4.69, 9.17) is 20.9 Å². The summed E-state index contributed by atoms with van der Waals surface area (Å²) in [5.74, 6) is -3.03. The Morgan fingerprint density at radius 1 is 1.11 bits per heavy atom. The molecule has 1 saturated carbocycles. The van der Waals surface area contributed by atoms with Gasteiger partial charge in [0, 0.05) is 22.6 Å². The van der Waals surface area contributed by atoms with E-state index in [0.29, 0.717) is 40.4 Å². The first-order chi connectivity index (χ1) is 18.2. The van der Waals surface area contributed by atoms with Crippen molar-refractivity contribution in [2.75, 3.05) is 0 Å². The molecular weight excluding hydrogens is 512 g/mol. The molecule has 1 N–H and O–H groups in total. The molecule has 0 atom stereocenters. The van der Waals surface area contributed by atoms with Crippen molar-refractivity contribution < 1.29 is 27.9 Å². The molecule has 8 heteroatoms. The van der Waals surface area contributed by atoms with E-state index in [1.807, 2.05) is 25.1 Å². The van der Waals surface area contributed by atoms with Crippen LogP contribution < -0.4 is 4.74 Å². The number of fused-ring (bicyclic) bond motifs is 2. The van der Waals surface area contributed by atoms with Crippen LogP contribution >= 0.6 is 11.6 Å². The van der Waals surface area contributed by atoms with Gasteiger partial charge in [0.05, 0.1) is 16.1 Å². The van der Waals surface area contributed by atoms with Crippen molar-refractivity contribution in [1.29, 1.82) is 0 Å². The van der Waals surface area contributed by atoms with Gasteiger partial charge < -0.3 is 14.4 Å². The van der Waals surface area contributed by atoms with E-state index in [0.717, 1.165) is 41.4 Å². The monoisotopic (exact) mass is 535 g/mol. The molecule has 1 fully saturated rings. The van der Waals surface area contributed by atoms with Gasteiger partial charge in [-0.3, -0.25) is 0 Å². The maximum Gasteiger partial charge on any atom is 0.335 e. The summed E-state index contributed by atoms with van der Waals surface area (Å²) >= 11 is 6.52. The number of aromatic carboxylic acids is 1. The van der Waals surface area contributed by atoms with Gasteiger partial charge in [-0.25, -0.2) is 4.79 Å². The number of alkyl halides is 2. The minimum atomic E-state index is -3.33. The van der Waals surface area contributed by atoms with Crippen molar-refractivity contribution in [1.82, 2.24) is 5.16 Å². The molecule has 1 aromatic heterocycles. The van der Waals surface area contributed by atoms with Crippen molar-refractivity contribution in [3.05, 3.63) is 104 Å². The normalized spacial score (nSPS) is 15.9. The van der Waals surface area contributed by atoms with Gasteiger partial charge in [-0.05, 0) is 85.7 Å². The highest BCUT2D eigenvalue weighted by Gasteiger charge is 2.40. The lowest BCUT2D eigenvalue weighted by Crippen LogP contribution is -2.18. The SMILES string of the molecule is Cc1cccc(Cl)c1-c1noc(C2CC2)c1COc1ccc2c(c1)CCc1ccc(C(=O)O)cc1C2(F)F. The summed E-state index contributed by atoms with van der Waals surface area (Å²) in [4.78, 5) is 11.4. The zero-order valence-electron chi connectivity index (χ0n) is 20.6. The number of aryl methyl sites for hydroxylation is 3. The summed E-state index contributed by atoms with van der Waals surface area (Å²) in [7, 11) is 0. The number of aromatic nitrogens is 1. The van der Waals surface area contributed by atoms with E-state index in [2.05, 4.69) is 5.16 Å². The quantitative estimate of drug-likeness (QED) is 0.274. The Bertz CT molecular complexity index is 1550. The van der Waals surface area contributed by atoms with Crippen LogP contribution in [0.1, 0.15) is 68.3 Å². The topological polar surface area (TPSA) is 72.6 Å². The fourth-order valence-electron chi connectivity index (χ4n) is 5.22. The summed E-state index contributed by atoms with van der Waals surface area (Å²) in [6, 6.07) is 14.1. The third-order valence-electron chi connectivity index (χ3n) is 7.38. The standard InChI is InChI=1S/C30H24ClF2NO4/c1-16-3-2-4-25(31)26(16)27-22(28(38-34-27)18-7-8-18)15-37-21-11-12-23-19(13-21)9-5-17-6-10-20(29(35)36)14-24(17)30(23,32)33/h2-4,6,10-14,18H,5,7-9,15H2,1H3,(H,35,36). The van der Waals surface area contributed by atoms with Gasteiger partial charge in [-0.2, -0.15) is 8.78 Å². The smallest absolute Gasteiger partial charge is 0.335 e. The van der Waals surface area contributed by atoms with Crippen molar-refractivity contribution in [3.63, 3.8) is 0 Å². The van der Waals surface area contributed by atoms with E-state index in [9.17, 15) is 9.90 Å². The van der Waals surface area contributed by atoms with Crippen LogP contribution in [0.25, 0.3) is 11.3 Å². The minimum Gasteiger partial charge on any atom is -0.489 e. The molecule has 0 aliphatic heterocycles. The zero-order valence-corrected chi connectivity index (χ0v) is 21.3. The Hall–Kier alpha value is -3.71. The predicted molar refractivity (Wildman–Crippen MR) is 138 cm³/mol. The molecule has 0 unspecified atom stereocenters. The Labute approximate surface area is 223 Å². The van der Waals surface area contributed by atoms with Gasteiger partial charge in [0.15, 0.2) is 0 Å². The molecule has 5 nitrogen and oxygen atoms in total. The number of hydrogen-bond acceptors (Lipinski definition) is 4. The van der Waals surface area contributed by atoms with Gasteiger partial charge in [0.25, 0.3) is 5.92 Å². The number of halogens is 3. The second-order valence-corrected chi connectivity index (χ2v) is 10.3. The number of carboxylic acid groups (broad SMARTS) is 1. The van der Waals surface area contributed by atoms with Crippen LogP contribution in [0.3, 0.4) is 0 Å². The molecule has 0 saturated heterocycles. The van der Waals surface area contributed by atoms with Crippen LogP contribution in [0.4, 0.5) is 8.78 Å². The zero-order chi connectivity index (χ0) is 26.6. The Morgan fingerprint density at radius 3 is 2.63 bits per heavy atom. The van der Waals surface area contributed by atoms with E-state index in [1.54, 1.807) is 6.07 Å². The number of hydrogen-bond donors (Lipinski definition) is 1. The van der Waals surface area contributed by atoms with Crippen LogP contribution in [-0.2, 0) is 25.4 Å². The van der Waals surface area contributed by atoms with Crippen molar-refractivity contribution in [2.24, 2.45) is 0 Å². The average Bonchev–Trinajstić information content (AvgIpc) is 3.67. The summed E-state index contributed by atoms with van der Waals surface area (Å²) in [5.41, 5.74) is 3.57. The van der Waals surface area contributed by atoms with E-state index in [-0.39, 0.29) is 29.2 Å². The minimum absolute atomic E-state index is 0.137. The number of carboxylic acids is 1. The Balaban J connectivity index is 1.32. The molecule has 0 spiro atoms. The van der Waals surface area contributed by atoms with Gasteiger partial charge in [0.2, 0.25) is 0 Å². The lowest BCUT2D eigenvalue weighted by molar-refractivity contribution is 0.0420. The maximum atomic E-state index is 15.6. The molecule has 4 aromatic rings. The molecule has 0 bridgehead atoms. The van der Waals surface area contributed by atoms with Crippen molar-refractivity contribution in [3.8, 4) is 17.0 Å². The van der Waals surface area contributed by atoms with E-state index >= 15 is 8.78 Å². The molecule has 2 aliphatic rings. The molecule has 1 heterocycles. The lowest BCUT2D eigenvalue weighted by Gasteiger charge is -2.20. The first kappa shape index (κ1) is 24.6. The van der Waals surface area contributed by atoms with Crippen LogP contribution in [-0.4, -0.2) is 16.2 Å². The van der Waals surface area contributed by atoms with E-state index in [1.165, 1.54) is 24.3 Å². The molecular formula is C30H24ClF2NO4. The second kappa shape index (κ2) is 9.24. The molecule has 6 rings (SSSR count). The number of ether oxygens (including phenoxy) is 1. The molecule has 2 aliphatic carbocycles. The Morgan fingerprint density at radius 2 is 1.89 bits per heavy atom. The maximum absolute atomic E-state index is 15.6. The number of benzene rings is 3. The summed E-state index contributed by atoms with van der Waals surface area (Å²) in [6.45, 7) is 2.12. The first-order valence-corrected chi connectivity index (χ1v) is 12.9. The summed E-state index contributed by atoms with van der Waals surface area (Å²) in [5, 5.41) is 14.2. The fraction of sp³-hybridized carbons (Fsp3) is 0.267. The van der Waals surface area contributed by atoms with Crippen molar-refractivity contribution >= 4 is 17.6 Å². The molecule has 3 aromatic carbocycles. The molecule has 0 radical (unpaired) electrons. The fourth-order valence-corrected chi connectivity index (χ4v) is 5.53. The highest BCUT2D eigenvalue weighted by Crippen LogP contribution is 2.46. The third-order valence-corrected chi connectivity index (χ3v) is 7.70. The van der Waals surface area contributed by atoms with Gasteiger partial charge in [-0.15, -0.1) is 0 Å². The van der Waals surface area contributed by atoms with Gasteiger partial charge in [-0.1, -0.05) is 35.0 Å². The number of nitrogens with zero attached hydrogens (tertiary/aromatic N) is 1. The molecule has 38 heavy (non-hydrogen) atoms. The average molecular weight is 536 g/mol. The number of carbonyl (C=O) groups is 1. The predicted octanol–water partition coefficient (Wildman–Crippen LogP) is 7.70. The van der Waals surface area contributed by atoms with Crippen molar-refractivity contribution in [2.45, 2.75) is 51.1 Å². The first-order valence-electron chi connectivity index (χ1n) is 12.5. The largest absolute Gasteiger partial charge is 0.489 e. The Kier molecular flexibility index (Phi) is 5.99. The van der Waals surface area contributed by atoms with Crippen LogP contribution in [0.2, 0.25) is 5.02 Å². The second-order valence-electron chi connectivity index (χ2n) is 9.94.